The van der Waals surface area contributed by atoms with Gasteiger partial charge in [-0.05, 0) is 17.7 Å². The summed E-state index contributed by atoms with van der Waals surface area (Å²) in [5.41, 5.74) is 1.16. The van der Waals surface area contributed by atoms with Crippen LogP contribution < -0.4 is 0 Å². The number of carboxylic acid groups (broad SMARTS) is 1. The first-order valence-corrected chi connectivity index (χ1v) is 4.15. The van der Waals surface area contributed by atoms with Crippen molar-refractivity contribution in [2.45, 2.75) is 6.42 Å². The van der Waals surface area contributed by atoms with Crippen LogP contribution in [0, 0.1) is 5.82 Å². The molecule has 0 radical (unpaired) electrons. The Bertz CT molecular complexity index is 490. The molecule has 72 valence electrons. The van der Waals surface area contributed by atoms with E-state index in [-0.39, 0.29) is 12.2 Å². The summed E-state index contributed by atoms with van der Waals surface area (Å²) in [6, 6.07) is 4.37. The number of rotatable bonds is 2. The molecule has 14 heavy (non-hydrogen) atoms. The summed E-state index contributed by atoms with van der Waals surface area (Å²) in [5, 5.41) is 9.06. The van der Waals surface area contributed by atoms with Gasteiger partial charge >= 0.3 is 5.97 Å². The van der Waals surface area contributed by atoms with Gasteiger partial charge in [0.15, 0.2) is 0 Å². The second-order valence-electron chi connectivity index (χ2n) is 3.04. The van der Waals surface area contributed by atoms with E-state index in [2.05, 4.69) is 4.98 Å². The Morgan fingerprint density at radius 1 is 1.43 bits per heavy atom. The molecule has 2 aromatic rings. The molecule has 1 heterocycles. The lowest BCUT2D eigenvalue weighted by Gasteiger charge is -2.00. The van der Waals surface area contributed by atoms with Gasteiger partial charge in [0.25, 0.3) is 0 Å². The van der Waals surface area contributed by atoms with Crippen LogP contribution in [0.1, 0.15) is 5.56 Å². The number of carbonyl (C=O) groups is 1. The zero-order chi connectivity index (χ0) is 10.1. The van der Waals surface area contributed by atoms with Crippen molar-refractivity contribution in [2.75, 3.05) is 0 Å². The summed E-state index contributed by atoms with van der Waals surface area (Å²) in [6.07, 6.45) is 1.50. The topological polar surface area (TPSA) is 53.1 Å². The number of H-pyrrole nitrogens is 1. The predicted octanol–water partition coefficient (Wildman–Crippen LogP) is 1.93. The van der Waals surface area contributed by atoms with Crippen LogP contribution in [0.15, 0.2) is 24.4 Å². The SMILES string of the molecule is O=C(O)Cc1ccc(F)c2cc[nH]c12. The number of benzene rings is 1. The second kappa shape index (κ2) is 3.14. The molecule has 0 aliphatic rings. The Balaban J connectivity index is 2.60. The van der Waals surface area contributed by atoms with E-state index in [1.807, 2.05) is 0 Å². The molecule has 0 spiro atoms. The van der Waals surface area contributed by atoms with Crippen LogP contribution in [0.2, 0.25) is 0 Å². The first kappa shape index (κ1) is 8.74. The number of hydrogen-bond acceptors (Lipinski definition) is 1. The quantitative estimate of drug-likeness (QED) is 0.765. The van der Waals surface area contributed by atoms with Gasteiger partial charge in [-0.1, -0.05) is 6.07 Å². The van der Waals surface area contributed by atoms with E-state index < -0.39 is 5.97 Å². The van der Waals surface area contributed by atoms with E-state index in [4.69, 9.17) is 5.11 Å². The standard InChI is InChI=1S/C10H8FNO2/c11-8-2-1-6(5-9(13)14)10-7(8)3-4-12-10/h1-4,12H,5H2,(H,13,14). The van der Waals surface area contributed by atoms with Crippen LogP contribution >= 0.6 is 0 Å². The molecule has 0 aliphatic heterocycles. The van der Waals surface area contributed by atoms with E-state index in [0.29, 0.717) is 16.5 Å². The molecular formula is C10H8FNO2. The molecule has 0 fully saturated rings. The van der Waals surface area contributed by atoms with Crippen molar-refractivity contribution in [1.29, 1.82) is 0 Å². The van der Waals surface area contributed by atoms with Crippen molar-refractivity contribution in [3.63, 3.8) is 0 Å². The average Bonchev–Trinajstić information content (AvgIpc) is 2.58. The van der Waals surface area contributed by atoms with Gasteiger partial charge in [0.05, 0.1) is 11.9 Å². The fraction of sp³-hybridized carbons (Fsp3) is 0.100. The third kappa shape index (κ3) is 1.35. The highest BCUT2D eigenvalue weighted by Crippen LogP contribution is 2.20. The average molecular weight is 193 g/mol. The minimum absolute atomic E-state index is 0.0999. The van der Waals surface area contributed by atoms with Crippen LogP contribution in [-0.4, -0.2) is 16.1 Å². The zero-order valence-electron chi connectivity index (χ0n) is 7.25. The largest absolute Gasteiger partial charge is 0.481 e. The van der Waals surface area contributed by atoms with E-state index in [0.717, 1.165) is 0 Å². The lowest BCUT2D eigenvalue weighted by atomic mass is 10.1. The third-order valence-electron chi connectivity index (χ3n) is 2.10. The van der Waals surface area contributed by atoms with Crippen molar-refractivity contribution in [3.05, 3.63) is 35.8 Å². The monoisotopic (exact) mass is 193 g/mol. The highest BCUT2D eigenvalue weighted by molar-refractivity contribution is 5.86. The van der Waals surface area contributed by atoms with Crippen molar-refractivity contribution >= 4 is 16.9 Å². The molecule has 0 unspecified atom stereocenters. The van der Waals surface area contributed by atoms with Crippen molar-refractivity contribution in [1.82, 2.24) is 4.98 Å². The van der Waals surface area contributed by atoms with E-state index in [1.54, 1.807) is 12.3 Å². The maximum absolute atomic E-state index is 13.2. The Morgan fingerprint density at radius 2 is 2.21 bits per heavy atom. The number of halogens is 1. The fourth-order valence-corrected chi connectivity index (χ4v) is 1.49. The van der Waals surface area contributed by atoms with Crippen LogP contribution in [-0.2, 0) is 11.2 Å². The lowest BCUT2D eigenvalue weighted by Crippen LogP contribution is -2.00. The van der Waals surface area contributed by atoms with Crippen LogP contribution in [0.5, 0.6) is 0 Å². The summed E-state index contributed by atoms with van der Waals surface area (Å²) < 4.78 is 13.2. The summed E-state index contributed by atoms with van der Waals surface area (Å²) >= 11 is 0. The first-order valence-electron chi connectivity index (χ1n) is 4.15. The maximum Gasteiger partial charge on any atom is 0.307 e. The summed E-state index contributed by atoms with van der Waals surface area (Å²) in [4.78, 5) is 13.3. The zero-order valence-corrected chi connectivity index (χ0v) is 7.25. The molecule has 0 saturated heterocycles. The smallest absolute Gasteiger partial charge is 0.307 e. The Kier molecular flexibility index (Phi) is 1.96. The molecule has 0 saturated carbocycles. The number of aromatic amines is 1. The number of nitrogens with one attached hydrogen (secondary N) is 1. The van der Waals surface area contributed by atoms with Gasteiger partial charge in [0.1, 0.15) is 5.82 Å². The molecule has 0 atom stereocenters. The lowest BCUT2D eigenvalue weighted by molar-refractivity contribution is -0.136. The normalized spacial score (nSPS) is 10.6. The number of hydrogen-bond donors (Lipinski definition) is 2. The molecule has 2 rings (SSSR count). The van der Waals surface area contributed by atoms with Gasteiger partial charge < -0.3 is 10.1 Å². The molecule has 1 aromatic heterocycles. The van der Waals surface area contributed by atoms with Crippen LogP contribution in [0.3, 0.4) is 0 Å². The molecule has 4 heteroatoms. The summed E-state index contributed by atoms with van der Waals surface area (Å²) in [6.45, 7) is 0. The second-order valence-corrected chi connectivity index (χ2v) is 3.04. The number of fused-ring (bicyclic) bond motifs is 1. The van der Waals surface area contributed by atoms with Gasteiger partial charge in [-0.3, -0.25) is 4.79 Å². The van der Waals surface area contributed by atoms with Crippen LogP contribution in [0.25, 0.3) is 10.9 Å². The molecular weight excluding hydrogens is 185 g/mol. The van der Waals surface area contributed by atoms with Crippen molar-refractivity contribution < 1.29 is 14.3 Å². The van der Waals surface area contributed by atoms with Crippen LogP contribution in [0.4, 0.5) is 4.39 Å². The third-order valence-corrected chi connectivity index (χ3v) is 2.10. The molecule has 0 bridgehead atoms. The summed E-state index contributed by atoms with van der Waals surface area (Å²) in [5.74, 6) is -1.26. The first-order chi connectivity index (χ1) is 6.68. The minimum Gasteiger partial charge on any atom is -0.481 e. The van der Waals surface area contributed by atoms with E-state index >= 15 is 0 Å². The van der Waals surface area contributed by atoms with Crippen molar-refractivity contribution in [3.8, 4) is 0 Å². The maximum atomic E-state index is 13.2. The van der Waals surface area contributed by atoms with Gasteiger partial charge in [0.2, 0.25) is 0 Å². The Labute approximate surface area is 79.2 Å². The number of aromatic nitrogens is 1. The van der Waals surface area contributed by atoms with Gasteiger partial charge in [-0.15, -0.1) is 0 Å². The van der Waals surface area contributed by atoms with E-state index in [9.17, 15) is 9.18 Å². The van der Waals surface area contributed by atoms with Gasteiger partial charge in [-0.2, -0.15) is 0 Å². The predicted molar refractivity (Wildman–Crippen MR) is 49.6 cm³/mol. The molecule has 1 aromatic carbocycles. The number of aliphatic carboxylic acids is 1. The highest BCUT2D eigenvalue weighted by atomic mass is 19.1. The Hall–Kier alpha value is -1.84. The molecule has 0 amide bonds. The highest BCUT2D eigenvalue weighted by Gasteiger charge is 2.09. The molecule has 2 N–H and O–H groups in total. The van der Waals surface area contributed by atoms with Gasteiger partial charge in [0, 0.05) is 11.6 Å². The fourth-order valence-electron chi connectivity index (χ4n) is 1.49. The van der Waals surface area contributed by atoms with Gasteiger partial charge in [-0.25, -0.2) is 4.39 Å². The minimum atomic E-state index is -0.924. The molecule has 3 nitrogen and oxygen atoms in total. The number of carboxylic acids is 1. The Morgan fingerprint density at radius 3 is 2.93 bits per heavy atom. The summed E-state index contributed by atoms with van der Waals surface area (Å²) in [7, 11) is 0. The van der Waals surface area contributed by atoms with Crippen molar-refractivity contribution in [2.24, 2.45) is 0 Å². The molecule has 0 aliphatic carbocycles. The van der Waals surface area contributed by atoms with E-state index in [1.165, 1.54) is 12.1 Å².